The van der Waals surface area contributed by atoms with Crippen LogP contribution in [0.4, 0.5) is 0 Å². The van der Waals surface area contributed by atoms with E-state index >= 15 is 0 Å². The summed E-state index contributed by atoms with van der Waals surface area (Å²) in [6.07, 6.45) is 1.65. The second kappa shape index (κ2) is 8.72. The largest absolute Gasteiger partial charge is 0.504 e. The number of ketones is 1. The fraction of sp³-hybridized carbons (Fsp3) is 0.185. The molecule has 0 fully saturated rings. The van der Waals surface area contributed by atoms with E-state index in [4.69, 9.17) is 23.7 Å². The van der Waals surface area contributed by atoms with Crippen molar-refractivity contribution in [3.05, 3.63) is 76.5 Å². The van der Waals surface area contributed by atoms with Crippen LogP contribution >= 0.6 is 0 Å². The zero-order valence-corrected chi connectivity index (χ0v) is 19.3. The van der Waals surface area contributed by atoms with Crippen LogP contribution in [0.5, 0.6) is 34.5 Å². The third-order valence-corrected chi connectivity index (χ3v) is 6.09. The van der Waals surface area contributed by atoms with Crippen LogP contribution in [-0.2, 0) is 4.79 Å². The zero-order chi connectivity index (χ0) is 24.7. The number of carbonyl (C=O) groups is 2. The molecule has 3 aromatic rings. The minimum absolute atomic E-state index is 0.0293. The molecular formula is C27H22O8. The molecule has 8 nitrogen and oxygen atoms in total. The van der Waals surface area contributed by atoms with Gasteiger partial charge in [0, 0.05) is 11.5 Å². The van der Waals surface area contributed by atoms with E-state index < -0.39 is 11.9 Å². The monoisotopic (exact) mass is 474 g/mol. The number of phenols is 1. The molecule has 2 aliphatic rings. The molecular weight excluding hydrogens is 452 g/mol. The number of rotatable bonds is 5. The van der Waals surface area contributed by atoms with Crippen molar-refractivity contribution in [1.29, 1.82) is 0 Å². The molecule has 3 aromatic carbocycles. The van der Waals surface area contributed by atoms with E-state index in [9.17, 15) is 14.7 Å². The molecule has 0 unspecified atom stereocenters. The normalized spacial score (nSPS) is 17.3. The van der Waals surface area contributed by atoms with Crippen molar-refractivity contribution in [3.63, 3.8) is 0 Å². The summed E-state index contributed by atoms with van der Waals surface area (Å²) in [4.78, 5) is 25.5. The lowest BCUT2D eigenvalue weighted by Gasteiger charge is -2.26. The van der Waals surface area contributed by atoms with Crippen LogP contribution in [0, 0.1) is 0 Å². The van der Waals surface area contributed by atoms with Crippen molar-refractivity contribution < 1.29 is 38.4 Å². The van der Waals surface area contributed by atoms with Gasteiger partial charge in [-0.15, -0.1) is 0 Å². The van der Waals surface area contributed by atoms with Crippen LogP contribution in [0.25, 0.3) is 6.08 Å². The fourth-order valence-corrected chi connectivity index (χ4v) is 4.41. The van der Waals surface area contributed by atoms with E-state index in [0.29, 0.717) is 51.0 Å². The first kappa shape index (κ1) is 22.3. The van der Waals surface area contributed by atoms with Crippen LogP contribution in [-0.4, -0.2) is 38.2 Å². The number of methoxy groups -OCH3 is 3. The Bertz CT molecular complexity index is 1390. The van der Waals surface area contributed by atoms with Gasteiger partial charge in [-0.1, -0.05) is 12.1 Å². The summed E-state index contributed by atoms with van der Waals surface area (Å²) in [6.45, 7) is 0. The maximum Gasteiger partial charge on any atom is 0.312 e. The highest BCUT2D eigenvalue weighted by Crippen LogP contribution is 2.49. The number of hydrogen-bond donors (Lipinski definition) is 1. The summed E-state index contributed by atoms with van der Waals surface area (Å²) in [5.41, 5.74) is 2.31. The Morgan fingerprint density at radius 3 is 2.34 bits per heavy atom. The summed E-state index contributed by atoms with van der Waals surface area (Å²) < 4.78 is 27.3. The number of carbonyl (C=O) groups excluding carboxylic acids is 2. The molecule has 2 aliphatic heterocycles. The first-order chi connectivity index (χ1) is 16.9. The van der Waals surface area contributed by atoms with Gasteiger partial charge in [-0.3, -0.25) is 9.59 Å². The quantitative estimate of drug-likeness (QED) is 0.328. The second-order valence-corrected chi connectivity index (χ2v) is 8.07. The number of phenolic OH excluding ortho intramolecular Hbond substituents is 1. The molecule has 2 heterocycles. The smallest absolute Gasteiger partial charge is 0.312 e. The molecule has 5 rings (SSSR count). The van der Waals surface area contributed by atoms with Crippen molar-refractivity contribution in [2.45, 2.75) is 12.3 Å². The molecule has 0 saturated heterocycles. The number of hydrogen-bond acceptors (Lipinski definition) is 8. The standard InChI is InChI=1S/C27H22O8/c1-31-19-8-5-15(12-18(19)28)17-13-24(29)34-21-9-6-16-26(30)23(35-27(16)25(17)21)11-14-4-7-20(32-2)22(10-14)33-3/h4-12,17,28H,13H2,1-3H3/b23-11-/t17-/m1/s1. The molecule has 0 radical (unpaired) electrons. The summed E-state index contributed by atoms with van der Waals surface area (Å²) >= 11 is 0. The Balaban J connectivity index is 1.57. The van der Waals surface area contributed by atoms with Gasteiger partial charge in [0.2, 0.25) is 5.78 Å². The topological polar surface area (TPSA) is 101 Å². The number of Topliss-reactive ketones (excluding diaryl/α,β-unsaturated/α-hetero) is 1. The van der Waals surface area contributed by atoms with Gasteiger partial charge in [0.15, 0.2) is 28.8 Å². The SMILES string of the molecule is COc1ccc([C@H]2CC(=O)Oc3ccc4c(c32)O/C(=C\c2ccc(OC)c(OC)c2)C4=O)cc1O. The average Bonchev–Trinajstić information content (AvgIpc) is 3.18. The van der Waals surface area contributed by atoms with Gasteiger partial charge in [0.1, 0.15) is 11.5 Å². The van der Waals surface area contributed by atoms with E-state index in [-0.39, 0.29) is 23.7 Å². The van der Waals surface area contributed by atoms with E-state index in [0.717, 1.165) is 0 Å². The summed E-state index contributed by atoms with van der Waals surface area (Å²) in [5, 5.41) is 10.3. The Morgan fingerprint density at radius 2 is 1.63 bits per heavy atom. The Kier molecular flexibility index (Phi) is 5.56. The van der Waals surface area contributed by atoms with Gasteiger partial charge in [0.25, 0.3) is 0 Å². The van der Waals surface area contributed by atoms with Gasteiger partial charge < -0.3 is 28.8 Å². The van der Waals surface area contributed by atoms with Crippen molar-refractivity contribution in [2.75, 3.05) is 21.3 Å². The van der Waals surface area contributed by atoms with Gasteiger partial charge in [-0.05, 0) is 53.6 Å². The highest BCUT2D eigenvalue weighted by Gasteiger charge is 2.38. The lowest BCUT2D eigenvalue weighted by atomic mass is 9.84. The Morgan fingerprint density at radius 1 is 0.886 bits per heavy atom. The molecule has 1 N–H and O–H groups in total. The highest BCUT2D eigenvalue weighted by atomic mass is 16.5. The maximum absolute atomic E-state index is 13.2. The van der Waals surface area contributed by atoms with E-state index in [1.807, 2.05) is 0 Å². The molecule has 0 aromatic heterocycles. The first-order valence-electron chi connectivity index (χ1n) is 10.8. The number of esters is 1. The average molecular weight is 474 g/mol. The van der Waals surface area contributed by atoms with Crippen molar-refractivity contribution in [1.82, 2.24) is 0 Å². The summed E-state index contributed by atoms with van der Waals surface area (Å²) in [5.74, 6) is 0.967. The van der Waals surface area contributed by atoms with E-state index in [1.54, 1.807) is 61.7 Å². The second-order valence-electron chi connectivity index (χ2n) is 8.07. The van der Waals surface area contributed by atoms with Gasteiger partial charge in [0.05, 0.1) is 33.3 Å². The Hall–Kier alpha value is -4.46. The van der Waals surface area contributed by atoms with Crippen LogP contribution in [0.1, 0.15) is 39.4 Å². The third kappa shape index (κ3) is 3.82. The number of aromatic hydroxyl groups is 1. The molecule has 0 spiro atoms. The number of benzene rings is 3. The molecule has 178 valence electrons. The fourth-order valence-electron chi connectivity index (χ4n) is 4.41. The van der Waals surface area contributed by atoms with Crippen LogP contribution in [0.2, 0.25) is 0 Å². The molecule has 0 bridgehead atoms. The first-order valence-corrected chi connectivity index (χ1v) is 10.8. The number of ether oxygens (including phenoxy) is 5. The predicted octanol–water partition coefficient (Wildman–Crippen LogP) is 4.48. The Labute approximate surface area is 201 Å². The lowest BCUT2D eigenvalue weighted by molar-refractivity contribution is -0.135. The number of allylic oxidation sites excluding steroid dienone is 1. The van der Waals surface area contributed by atoms with Crippen molar-refractivity contribution in [2.24, 2.45) is 0 Å². The van der Waals surface area contributed by atoms with Crippen LogP contribution < -0.4 is 23.7 Å². The molecule has 0 aliphatic carbocycles. The van der Waals surface area contributed by atoms with Crippen molar-refractivity contribution >= 4 is 17.8 Å². The van der Waals surface area contributed by atoms with E-state index in [2.05, 4.69) is 0 Å². The summed E-state index contributed by atoms with van der Waals surface area (Å²) in [7, 11) is 4.54. The van der Waals surface area contributed by atoms with Gasteiger partial charge >= 0.3 is 5.97 Å². The zero-order valence-electron chi connectivity index (χ0n) is 19.3. The third-order valence-electron chi connectivity index (χ3n) is 6.09. The lowest BCUT2D eigenvalue weighted by Crippen LogP contribution is -2.21. The molecule has 0 amide bonds. The predicted molar refractivity (Wildman–Crippen MR) is 126 cm³/mol. The maximum atomic E-state index is 13.2. The molecule has 0 saturated carbocycles. The van der Waals surface area contributed by atoms with E-state index in [1.165, 1.54) is 14.2 Å². The van der Waals surface area contributed by atoms with Crippen molar-refractivity contribution in [3.8, 4) is 34.5 Å². The highest BCUT2D eigenvalue weighted by molar-refractivity contribution is 6.15. The molecule has 35 heavy (non-hydrogen) atoms. The van der Waals surface area contributed by atoms with Crippen LogP contribution in [0.15, 0.2) is 54.3 Å². The summed E-state index contributed by atoms with van der Waals surface area (Å²) in [6, 6.07) is 13.4. The van der Waals surface area contributed by atoms with Crippen LogP contribution in [0.3, 0.4) is 0 Å². The number of fused-ring (bicyclic) bond motifs is 3. The van der Waals surface area contributed by atoms with Gasteiger partial charge in [-0.25, -0.2) is 0 Å². The minimum Gasteiger partial charge on any atom is -0.504 e. The van der Waals surface area contributed by atoms with Gasteiger partial charge in [-0.2, -0.15) is 0 Å². The minimum atomic E-state index is -0.480. The molecule has 1 atom stereocenters. The molecule has 8 heteroatoms.